The number of methoxy groups -OCH3 is 2. The molecule has 0 atom stereocenters. The van der Waals surface area contributed by atoms with Crippen molar-refractivity contribution < 1.29 is 23.0 Å². The van der Waals surface area contributed by atoms with Crippen molar-refractivity contribution in [2.24, 2.45) is 4.99 Å². The van der Waals surface area contributed by atoms with Crippen molar-refractivity contribution in [1.29, 1.82) is 0 Å². The van der Waals surface area contributed by atoms with Gasteiger partial charge in [0.15, 0.2) is 16.7 Å². The zero-order chi connectivity index (χ0) is 24.5. The predicted molar refractivity (Wildman–Crippen MR) is 132 cm³/mol. The number of aliphatic imine (C=N–C) groups is 1. The maximum absolute atomic E-state index is 14.0. The average molecular weight is 486 g/mol. The molecule has 6 nitrogen and oxygen atoms in total. The maximum Gasteiger partial charge on any atom is 0.246 e. The lowest BCUT2D eigenvalue weighted by atomic mass is 10.2. The molecule has 0 spiro atoms. The van der Waals surface area contributed by atoms with Crippen LogP contribution in [0.3, 0.4) is 0 Å². The molecule has 9 heteroatoms. The molecule has 3 aromatic rings. The van der Waals surface area contributed by atoms with Gasteiger partial charge in [-0.3, -0.25) is 4.79 Å². The van der Waals surface area contributed by atoms with Gasteiger partial charge in [0.05, 0.1) is 26.5 Å². The third-order valence-electron chi connectivity index (χ3n) is 4.90. The van der Waals surface area contributed by atoms with Crippen molar-refractivity contribution in [2.45, 2.75) is 5.75 Å². The number of nitrogens with zero attached hydrogens (tertiary/aromatic N) is 2. The highest BCUT2D eigenvalue weighted by molar-refractivity contribution is 8.13. The van der Waals surface area contributed by atoms with E-state index in [-0.39, 0.29) is 24.1 Å². The third kappa shape index (κ3) is 6.71. The summed E-state index contributed by atoms with van der Waals surface area (Å²) in [5.41, 5.74) is 1.64. The van der Waals surface area contributed by atoms with Crippen molar-refractivity contribution in [3.05, 3.63) is 83.9 Å². The van der Waals surface area contributed by atoms with Crippen molar-refractivity contribution in [3.8, 4) is 11.5 Å². The number of ether oxygens (including phenoxy) is 2. The first kappa shape index (κ1) is 25.0. The lowest BCUT2D eigenvalue weighted by Crippen LogP contribution is -2.37. The number of anilines is 1. The van der Waals surface area contributed by atoms with Crippen LogP contribution in [0.4, 0.5) is 20.2 Å². The normalized spacial score (nSPS) is 11.1. The van der Waals surface area contributed by atoms with Gasteiger partial charge < -0.3 is 19.7 Å². The SMILES string of the molecule is COc1ccc(N(C)C(=O)CNC(=Nc2ccc(F)cc2)SCc2ccccc2F)cc1OC. The number of halogens is 2. The number of nitrogens with one attached hydrogen (secondary N) is 1. The van der Waals surface area contributed by atoms with Crippen molar-refractivity contribution in [3.63, 3.8) is 0 Å². The summed E-state index contributed by atoms with van der Waals surface area (Å²) >= 11 is 1.25. The van der Waals surface area contributed by atoms with Crippen molar-refractivity contribution in [2.75, 3.05) is 32.7 Å². The van der Waals surface area contributed by atoms with Gasteiger partial charge in [0.25, 0.3) is 0 Å². The Morgan fingerprint density at radius 3 is 2.38 bits per heavy atom. The second-order valence-corrected chi connectivity index (χ2v) is 8.08. The quantitative estimate of drug-likeness (QED) is 0.353. The summed E-state index contributed by atoms with van der Waals surface area (Å²) in [7, 11) is 4.71. The summed E-state index contributed by atoms with van der Waals surface area (Å²) < 4.78 is 37.8. The van der Waals surface area contributed by atoms with Gasteiger partial charge in [0.2, 0.25) is 5.91 Å². The van der Waals surface area contributed by atoms with E-state index in [0.29, 0.717) is 39.4 Å². The smallest absolute Gasteiger partial charge is 0.246 e. The number of thioether (sulfide) groups is 1. The molecule has 0 fully saturated rings. The number of rotatable bonds is 8. The van der Waals surface area contributed by atoms with E-state index in [2.05, 4.69) is 10.3 Å². The molecule has 3 rings (SSSR count). The Kier molecular flexibility index (Phi) is 8.86. The average Bonchev–Trinajstić information content (AvgIpc) is 2.86. The Bertz CT molecular complexity index is 1160. The number of carbonyl (C=O) groups is 1. The van der Waals surface area contributed by atoms with Gasteiger partial charge in [-0.15, -0.1) is 0 Å². The van der Waals surface area contributed by atoms with Gasteiger partial charge in [0, 0.05) is 24.6 Å². The lowest BCUT2D eigenvalue weighted by molar-refractivity contribution is -0.117. The van der Waals surface area contributed by atoms with E-state index in [9.17, 15) is 13.6 Å². The van der Waals surface area contributed by atoms with Crippen LogP contribution in [0, 0.1) is 11.6 Å². The Morgan fingerprint density at radius 2 is 1.71 bits per heavy atom. The van der Waals surface area contributed by atoms with E-state index in [4.69, 9.17) is 9.47 Å². The summed E-state index contributed by atoms with van der Waals surface area (Å²) in [6, 6.07) is 17.3. The standard InChI is InChI=1S/C25H25F2N3O3S/c1-30(20-12-13-22(32-2)23(14-20)33-3)24(31)15-28-25(29-19-10-8-18(26)9-11-19)34-16-17-6-4-5-7-21(17)27/h4-14H,15-16H2,1-3H3,(H,28,29). The fourth-order valence-corrected chi connectivity index (χ4v) is 3.84. The first-order chi connectivity index (χ1) is 16.4. The molecule has 0 aliphatic carbocycles. The van der Waals surface area contributed by atoms with Crippen LogP contribution in [0.2, 0.25) is 0 Å². The van der Waals surface area contributed by atoms with Gasteiger partial charge in [-0.25, -0.2) is 13.8 Å². The van der Waals surface area contributed by atoms with Crippen LogP contribution >= 0.6 is 11.8 Å². The van der Waals surface area contributed by atoms with Gasteiger partial charge in [-0.2, -0.15) is 0 Å². The first-order valence-electron chi connectivity index (χ1n) is 10.3. The molecule has 1 amide bonds. The third-order valence-corrected chi connectivity index (χ3v) is 5.86. The number of likely N-dealkylation sites (N-methyl/N-ethyl adjacent to an activating group) is 1. The molecule has 0 aliphatic rings. The van der Waals surface area contributed by atoms with E-state index >= 15 is 0 Å². The summed E-state index contributed by atoms with van der Waals surface area (Å²) in [5, 5.41) is 3.43. The summed E-state index contributed by atoms with van der Waals surface area (Å²) in [6.45, 7) is -0.0604. The number of hydrogen-bond donors (Lipinski definition) is 1. The largest absolute Gasteiger partial charge is 0.493 e. The van der Waals surface area contributed by atoms with Crippen molar-refractivity contribution in [1.82, 2.24) is 5.32 Å². The Hall–Kier alpha value is -3.59. The summed E-state index contributed by atoms with van der Waals surface area (Å²) in [5.74, 6) is 0.444. The molecule has 0 radical (unpaired) electrons. The fraction of sp³-hybridized carbons (Fsp3) is 0.200. The van der Waals surface area contributed by atoms with Crippen LogP contribution in [-0.2, 0) is 10.5 Å². The van der Waals surface area contributed by atoms with E-state index in [1.54, 1.807) is 43.4 Å². The van der Waals surface area contributed by atoms with Crippen LogP contribution in [0.15, 0.2) is 71.7 Å². The van der Waals surface area contributed by atoms with E-state index in [1.165, 1.54) is 61.2 Å². The van der Waals surface area contributed by atoms with Crippen LogP contribution < -0.4 is 19.7 Å². The van der Waals surface area contributed by atoms with E-state index in [0.717, 1.165) is 0 Å². The van der Waals surface area contributed by atoms with Crippen LogP contribution in [0.25, 0.3) is 0 Å². The van der Waals surface area contributed by atoms with Gasteiger partial charge in [-0.05, 0) is 48.0 Å². The molecule has 0 saturated carbocycles. The molecule has 0 unspecified atom stereocenters. The molecule has 0 bridgehead atoms. The maximum atomic E-state index is 14.0. The molecule has 1 N–H and O–H groups in total. The van der Waals surface area contributed by atoms with Gasteiger partial charge in [-0.1, -0.05) is 30.0 Å². The van der Waals surface area contributed by atoms with Gasteiger partial charge in [0.1, 0.15) is 11.6 Å². The zero-order valence-corrected chi connectivity index (χ0v) is 19.9. The first-order valence-corrected chi connectivity index (χ1v) is 11.3. The minimum absolute atomic E-state index is 0.0604. The number of amides is 1. The summed E-state index contributed by atoms with van der Waals surface area (Å²) in [6.07, 6.45) is 0. The van der Waals surface area contributed by atoms with Crippen molar-refractivity contribution >= 4 is 34.2 Å². The monoisotopic (exact) mass is 485 g/mol. The molecule has 0 aliphatic heterocycles. The predicted octanol–water partition coefficient (Wildman–Crippen LogP) is 5.16. The molecule has 34 heavy (non-hydrogen) atoms. The Balaban J connectivity index is 1.73. The van der Waals surface area contributed by atoms with Crippen LogP contribution in [-0.4, -0.2) is 38.9 Å². The molecule has 0 saturated heterocycles. The molecular formula is C25H25F2N3O3S. The number of carbonyl (C=O) groups excluding carboxylic acids is 1. The highest BCUT2D eigenvalue weighted by Gasteiger charge is 2.15. The van der Waals surface area contributed by atoms with Gasteiger partial charge >= 0.3 is 0 Å². The highest BCUT2D eigenvalue weighted by Crippen LogP contribution is 2.31. The fourth-order valence-electron chi connectivity index (χ4n) is 2.96. The zero-order valence-electron chi connectivity index (χ0n) is 19.0. The highest BCUT2D eigenvalue weighted by atomic mass is 32.2. The molecular weight excluding hydrogens is 460 g/mol. The molecule has 178 valence electrons. The topological polar surface area (TPSA) is 63.2 Å². The van der Waals surface area contributed by atoms with Crippen LogP contribution in [0.5, 0.6) is 11.5 Å². The second kappa shape index (κ2) is 12.0. The molecule has 3 aromatic carbocycles. The second-order valence-electron chi connectivity index (χ2n) is 7.12. The molecule has 0 aromatic heterocycles. The number of benzene rings is 3. The number of amidine groups is 1. The Morgan fingerprint density at radius 1 is 1.00 bits per heavy atom. The minimum atomic E-state index is -0.376. The molecule has 0 heterocycles. The number of hydrogen-bond acceptors (Lipinski definition) is 5. The van der Waals surface area contributed by atoms with E-state index < -0.39 is 0 Å². The minimum Gasteiger partial charge on any atom is -0.493 e. The summed E-state index contributed by atoms with van der Waals surface area (Å²) in [4.78, 5) is 18.8. The lowest BCUT2D eigenvalue weighted by Gasteiger charge is -2.20. The van der Waals surface area contributed by atoms with Crippen LogP contribution in [0.1, 0.15) is 5.56 Å². The Labute approximate surface area is 201 Å². The van der Waals surface area contributed by atoms with E-state index in [1.807, 2.05) is 0 Å².